The van der Waals surface area contributed by atoms with Gasteiger partial charge in [0.05, 0.1) is 13.2 Å². The highest BCUT2D eigenvalue weighted by Gasteiger charge is 2.38. The molecule has 1 aliphatic rings. The molecule has 1 aromatic rings. The van der Waals surface area contributed by atoms with Gasteiger partial charge < -0.3 is 15.4 Å². The summed E-state index contributed by atoms with van der Waals surface area (Å²) in [5.74, 6) is -0.702. The lowest BCUT2D eigenvalue weighted by Crippen LogP contribution is -2.58. The van der Waals surface area contributed by atoms with Crippen LogP contribution in [0.3, 0.4) is 0 Å². The Hall–Kier alpha value is -2.14. The number of carbonyl (C=O) groups is 2. The normalized spacial score (nSPS) is 22.9. The second kappa shape index (κ2) is 5.88. The molecule has 0 bridgehead atoms. The standard InChI is InChI=1S/C15H18N2O3/c1-15(14(16)19)11-17(9-10-20-15)13(18)8-7-12-5-3-2-4-6-12/h2-8H,9-11H2,1H3,(H2,16,19). The summed E-state index contributed by atoms with van der Waals surface area (Å²) in [6.45, 7) is 2.56. The fourth-order valence-corrected chi connectivity index (χ4v) is 2.04. The second-order valence-electron chi connectivity index (χ2n) is 4.95. The lowest BCUT2D eigenvalue weighted by Gasteiger charge is -2.37. The van der Waals surface area contributed by atoms with Crippen LogP contribution in [0.1, 0.15) is 12.5 Å². The zero-order valence-electron chi connectivity index (χ0n) is 11.4. The minimum absolute atomic E-state index is 0.148. The van der Waals surface area contributed by atoms with E-state index < -0.39 is 11.5 Å². The van der Waals surface area contributed by atoms with E-state index in [9.17, 15) is 9.59 Å². The van der Waals surface area contributed by atoms with Gasteiger partial charge in [0, 0.05) is 12.6 Å². The maximum absolute atomic E-state index is 12.1. The van der Waals surface area contributed by atoms with Gasteiger partial charge in [0.2, 0.25) is 5.91 Å². The first-order chi connectivity index (χ1) is 9.51. The molecule has 0 aliphatic carbocycles. The maximum Gasteiger partial charge on any atom is 0.251 e. The third-order valence-electron chi connectivity index (χ3n) is 3.33. The van der Waals surface area contributed by atoms with Crippen LogP contribution in [0.15, 0.2) is 36.4 Å². The van der Waals surface area contributed by atoms with E-state index in [2.05, 4.69) is 0 Å². The number of benzene rings is 1. The number of morpholine rings is 1. The average Bonchev–Trinajstić information content (AvgIpc) is 2.46. The average molecular weight is 274 g/mol. The van der Waals surface area contributed by atoms with E-state index in [1.54, 1.807) is 17.9 Å². The van der Waals surface area contributed by atoms with Gasteiger partial charge in [0.25, 0.3) is 5.91 Å². The Bertz CT molecular complexity index is 527. The molecule has 1 fully saturated rings. The van der Waals surface area contributed by atoms with Crippen LogP contribution in [-0.2, 0) is 14.3 Å². The van der Waals surface area contributed by atoms with E-state index >= 15 is 0 Å². The van der Waals surface area contributed by atoms with Crippen LogP contribution in [0, 0.1) is 0 Å². The molecule has 0 radical (unpaired) electrons. The molecule has 1 atom stereocenters. The summed E-state index contributed by atoms with van der Waals surface area (Å²) < 4.78 is 5.38. The van der Waals surface area contributed by atoms with Gasteiger partial charge >= 0.3 is 0 Å². The van der Waals surface area contributed by atoms with Gasteiger partial charge in [0.15, 0.2) is 5.60 Å². The van der Waals surface area contributed by atoms with Crippen molar-refractivity contribution in [2.75, 3.05) is 19.7 Å². The summed E-state index contributed by atoms with van der Waals surface area (Å²) in [5.41, 5.74) is 5.16. The zero-order chi connectivity index (χ0) is 14.6. The molecule has 1 aromatic carbocycles. The maximum atomic E-state index is 12.1. The molecular weight excluding hydrogens is 256 g/mol. The highest BCUT2D eigenvalue weighted by molar-refractivity contribution is 5.93. The van der Waals surface area contributed by atoms with Crippen molar-refractivity contribution in [3.05, 3.63) is 42.0 Å². The zero-order valence-corrected chi connectivity index (χ0v) is 11.4. The monoisotopic (exact) mass is 274 g/mol. The van der Waals surface area contributed by atoms with Crippen LogP contribution >= 0.6 is 0 Å². The fraction of sp³-hybridized carbons (Fsp3) is 0.333. The molecule has 2 rings (SSSR count). The smallest absolute Gasteiger partial charge is 0.251 e. The van der Waals surface area contributed by atoms with Crippen LogP contribution in [0.2, 0.25) is 0 Å². The molecular formula is C15H18N2O3. The summed E-state index contributed by atoms with van der Waals surface area (Å²) in [4.78, 5) is 25.1. The lowest BCUT2D eigenvalue weighted by atomic mass is 10.0. The highest BCUT2D eigenvalue weighted by Crippen LogP contribution is 2.17. The Morgan fingerprint density at radius 1 is 1.35 bits per heavy atom. The van der Waals surface area contributed by atoms with Gasteiger partial charge in [-0.15, -0.1) is 0 Å². The Morgan fingerprint density at radius 3 is 2.70 bits per heavy atom. The molecule has 20 heavy (non-hydrogen) atoms. The van der Waals surface area contributed by atoms with Crippen LogP contribution in [0.25, 0.3) is 6.08 Å². The van der Waals surface area contributed by atoms with Crippen LogP contribution in [-0.4, -0.2) is 42.0 Å². The Kier molecular flexibility index (Phi) is 4.20. The van der Waals surface area contributed by atoms with Crippen LogP contribution in [0.5, 0.6) is 0 Å². The number of rotatable bonds is 3. The Balaban J connectivity index is 2.03. The van der Waals surface area contributed by atoms with Crippen molar-refractivity contribution in [1.82, 2.24) is 4.90 Å². The molecule has 106 valence electrons. The van der Waals surface area contributed by atoms with Gasteiger partial charge in [-0.05, 0) is 18.6 Å². The van der Waals surface area contributed by atoms with E-state index in [1.807, 2.05) is 30.3 Å². The molecule has 2 amide bonds. The molecule has 5 nitrogen and oxygen atoms in total. The molecule has 1 unspecified atom stereocenters. The Morgan fingerprint density at radius 2 is 2.05 bits per heavy atom. The summed E-state index contributed by atoms with van der Waals surface area (Å²) in [7, 11) is 0. The Labute approximate surface area is 118 Å². The largest absolute Gasteiger partial charge is 0.367 e. The molecule has 1 heterocycles. The second-order valence-corrected chi connectivity index (χ2v) is 4.95. The number of hydrogen-bond acceptors (Lipinski definition) is 3. The van der Waals surface area contributed by atoms with Gasteiger partial charge in [0.1, 0.15) is 0 Å². The van der Waals surface area contributed by atoms with Crippen molar-refractivity contribution >= 4 is 17.9 Å². The van der Waals surface area contributed by atoms with Crippen molar-refractivity contribution in [1.29, 1.82) is 0 Å². The van der Waals surface area contributed by atoms with Crippen molar-refractivity contribution in [2.24, 2.45) is 5.73 Å². The molecule has 1 aliphatic heterocycles. The van der Waals surface area contributed by atoms with E-state index in [1.165, 1.54) is 6.08 Å². The predicted octanol–water partition coefficient (Wildman–Crippen LogP) is 0.803. The van der Waals surface area contributed by atoms with Crippen LogP contribution < -0.4 is 5.73 Å². The summed E-state index contributed by atoms with van der Waals surface area (Å²) in [5, 5.41) is 0. The predicted molar refractivity (Wildman–Crippen MR) is 75.6 cm³/mol. The highest BCUT2D eigenvalue weighted by atomic mass is 16.5. The number of primary amides is 1. The lowest BCUT2D eigenvalue weighted by molar-refractivity contribution is -0.158. The van der Waals surface area contributed by atoms with Gasteiger partial charge in [-0.3, -0.25) is 9.59 Å². The molecule has 5 heteroatoms. The summed E-state index contributed by atoms with van der Waals surface area (Å²) in [6.07, 6.45) is 3.25. The topological polar surface area (TPSA) is 72.6 Å². The number of carbonyl (C=O) groups excluding carboxylic acids is 2. The molecule has 2 N–H and O–H groups in total. The van der Waals surface area contributed by atoms with Crippen LogP contribution in [0.4, 0.5) is 0 Å². The van der Waals surface area contributed by atoms with Gasteiger partial charge in [-0.1, -0.05) is 30.3 Å². The van der Waals surface area contributed by atoms with E-state index in [0.29, 0.717) is 13.2 Å². The number of nitrogens with zero attached hydrogens (tertiary/aromatic N) is 1. The van der Waals surface area contributed by atoms with Crippen molar-refractivity contribution < 1.29 is 14.3 Å². The first-order valence-electron chi connectivity index (χ1n) is 6.47. The molecule has 0 spiro atoms. The number of ether oxygens (including phenoxy) is 1. The summed E-state index contributed by atoms with van der Waals surface area (Å²) in [6, 6.07) is 9.55. The third kappa shape index (κ3) is 3.24. The van der Waals surface area contributed by atoms with Gasteiger partial charge in [-0.2, -0.15) is 0 Å². The first-order valence-corrected chi connectivity index (χ1v) is 6.47. The van der Waals surface area contributed by atoms with E-state index in [-0.39, 0.29) is 12.5 Å². The molecule has 1 saturated heterocycles. The van der Waals surface area contributed by atoms with Crippen molar-refractivity contribution in [3.63, 3.8) is 0 Å². The summed E-state index contributed by atoms with van der Waals surface area (Å²) >= 11 is 0. The number of nitrogens with two attached hydrogens (primary N) is 1. The SMILES string of the molecule is CC1(C(N)=O)CN(C(=O)C=Cc2ccccc2)CCO1. The fourth-order valence-electron chi connectivity index (χ4n) is 2.04. The third-order valence-corrected chi connectivity index (χ3v) is 3.33. The number of amides is 2. The quantitative estimate of drug-likeness (QED) is 0.829. The number of hydrogen-bond donors (Lipinski definition) is 1. The minimum atomic E-state index is -1.10. The van der Waals surface area contributed by atoms with E-state index in [4.69, 9.17) is 10.5 Å². The van der Waals surface area contributed by atoms with Crippen molar-refractivity contribution in [3.8, 4) is 0 Å². The minimum Gasteiger partial charge on any atom is -0.367 e. The van der Waals surface area contributed by atoms with Crippen molar-refractivity contribution in [2.45, 2.75) is 12.5 Å². The van der Waals surface area contributed by atoms with Gasteiger partial charge in [-0.25, -0.2) is 0 Å². The molecule has 0 aromatic heterocycles. The molecule has 0 saturated carbocycles. The van der Waals surface area contributed by atoms with E-state index in [0.717, 1.165) is 5.56 Å². The first kappa shape index (κ1) is 14.3.